The van der Waals surface area contributed by atoms with E-state index >= 15 is 0 Å². The summed E-state index contributed by atoms with van der Waals surface area (Å²) in [7, 11) is 3.95. The Morgan fingerprint density at radius 2 is 1.86 bits per heavy atom. The molecule has 0 saturated carbocycles. The van der Waals surface area contributed by atoms with Crippen molar-refractivity contribution in [3.8, 4) is 11.3 Å². The lowest BCUT2D eigenvalue weighted by molar-refractivity contribution is 1.01. The van der Waals surface area contributed by atoms with E-state index in [0.29, 0.717) is 0 Å². The summed E-state index contributed by atoms with van der Waals surface area (Å²) >= 11 is 0. The van der Waals surface area contributed by atoms with Gasteiger partial charge in [0, 0.05) is 20.2 Å². The van der Waals surface area contributed by atoms with Gasteiger partial charge in [-0.2, -0.15) is 5.10 Å². The topological polar surface area (TPSA) is 31.9 Å². The molecule has 0 spiro atoms. The SMILES string of the molecule is CN(C)c1cc(-c2ccccc2)[nH]n1. The van der Waals surface area contributed by atoms with Crippen LogP contribution < -0.4 is 4.90 Å². The van der Waals surface area contributed by atoms with Gasteiger partial charge in [-0.25, -0.2) is 0 Å². The fourth-order valence-corrected chi connectivity index (χ4v) is 1.31. The van der Waals surface area contributed by atoms with Gasteiger partial charge in [-0.3, -0.25) is 5.10 Å². The van der Waals surface area contributed by atoms with Gasteiger partial charge in [0.25, 0.3) is 0 Å². The zero-order valence-electron chi connectivity index (χ0n) is 8.36. The van der Waals surface area contributed by atoms with Crippen molar-refractivity contribution in [1.82, 2.24) is 10.2 Å². The van der Waals surface area contributed by atoms with Crippen LogP contribution in [-0.4, -0.2) is 24.3 Å². The Hall–Kier alpha value is -1.77. The van der Waals surface area contributed by atoms with Gasteiger partial charge >= 0.3 is 0 Å². The molecular formula is C11H13N3. The quantitative estimate of drug-likeness (QED) is 0.781. The maximum Gasteiger partial charge on any atom is 0.150 e. The normalized spacial score (nSPS) is 10.1. The van der Waals surface area contributed by atoms with Crippen LogP contribution in [0.1, 0.15) is 0 Å². The third-order valence-electron chi connectivity index (χ3n) is 2.11. The fourth-order valence-electron chi connectivity index (χ4n) is 1.31. The molecule has 0 radical (unpaired) electrons. The number of rotatable bonds is 2. The smallest absolute Gasteiger partial charge is 0.150 e. The minimum atomic E-state index is 0.948. The highest BCUT2D eigenvalue weighted by molar-refractivity contribution is 5.62. The van der Waals surface area contributed by atoms with Crippen LogP contribution in [0.5, 0.6) is 0 Å². The van der Waals surface area contributed by atoms with E-state index < -0.39 is 0 Å². The second-order valence-corrected chi connectivity index (χ2v) is 3.40. The maximum absolute atomic E-state index is 4.19. The van der Waals surface area contributed by atoms with Gasteiger partial charge in [-0.1, -0.05) is 30.3 Å². The molecule has 14 heavy (non-hydrogen) atoms. The van der Waals surface area contributed by atoms with Crippen LogP contribution in [0.4, 0.5) is 5.82 Å². The monoisotopic (exact) mass is 187 g/mol. The molecule has 0 aliphatic carbocycles. The van der Waals surface area contributed by atoms with Crippen molar-refractivity contribution in [2.24, 2.45) is 0 Å². The van der Waals surface area contributed by atoms with Crippen molar-refractivity contribution in [1.29, 1.82) is 0 Å². The molecule has 0 unspecified atom stereocenters. The Balaban J connectivity index is 2.34. The Morgan fingerprint density at radius 1 is 1.14 bits per heavy atom. The molecule has 1 heterocycles. The minimum Gasteiger partial charge on any atom is -0.361 e. The summed E-state index contributed by atoms with van der Waals surface area (Å²) in [5.41, 5.74) is 2.21. The number of aromatic amines is 1. The highest BCUT2D eigenvalue weighted by Crippen LogP contribution is 2.19. The van der Waals surface area contributed by atoms with Crippen molar-refractivity contribution in [2.45, 2.75) is 0 Å². The minimum absolute atomic E-state index is 0.948. The number of hydrogen-bond donors (Lipinski definition) is 1. The first-order valence-corrected chi connectivity index (χ1v) is 4.55. The predicted molar refractivity (Wildman–Crippen MR) is 58.4 cm³/mol. The van der Waals surface area contributed by atoms with E-state index in [-0.39, 0.29) is 0 Å². The van der Waals surface area contributed by atoms with Crippen LogP contribution in [0.3, 0.4) is 0 Å². The van der Waals surface area contributed by atoms with Gasteiger partial charge < -0.3 is 4.90 Å². The molecule has 0 bridgehead atoms. The summed E-state index contributed by atoms with van der Waals surface area (Å²) in [6.45, 7) is 0. The van der Waals surface area contributed by atoms with Gasteiger partial charge in [0.2, 0.25) is 0 Å². The number of hydrogen-bond acceptors (Lipinski definition) is 2. The number of aromatic nitrogens is 2. The van der Waals surface area contributed by atoms with E-state index in [4.69, 9.17) is 0 Å². The van der Waals surface area contributed by atoms with Crippen molar-refractivity contribution in [3.05, 3.63) is 36.4 Å². The standard InChI is InChI=1S/C11H13N3/c1-14(2)11-8-10(12-13-11)9-6-4-3-5-7-9/h3-8H,1-2H3,(H,12,13). The summed E-state index contributed by atoms with van der Waals surface area (Å²) in [5, 5.41) is 7.20. The zero-order valence-corrected chi connectivity index (χ0v) is 8.36. The number of nitrogens with zero attached hydrogens (tertiary/aromatic N) is 2. The van der Waals surface area contributed by atoms with E-state index in [1.807, 2.05) is 43.3 Å². The first-order valence-electron chi connectivity index (χ1n) is 4.55. The highest BCUT2D eigenvalue weighted by Gasteiger charge is 2.03. The van der Waals surface area contributed by atoms with Crippen molar-refractivity contribution < 1.29 is 0 Å². The van der Waals surface area contributed by atoms with E-state index in [9.17, 15) is 0 Å². The molecule has 2 rings (SSSR count). The third kappa shape index (κ3) is 1.62. The highest BCUT2D eigenvalue weighted by atomic mass is 15.2. The van der Waals surface area contributed by atoms with E-state index in [2.05, 4.69) is 22.3 Å². The Bertz CT molecular complexity index is 403. The van der Waals surface area contributed by atoms with E-state index in [1.54, 1.807) is 0 Å². The summed E-state index contributed by atoms with van der Waals surface area (Å²) in [5.74, 6) is 0.948. The van der Waals surface area contributed by atoms with Gasteiger partial charge in [-0.15, -0.1) is 0 Å². The molecular weight excluding hydrogens is 174 g/mol. The van der Waals surface area contributed by atoms with Crippen LogP contribution in [0.15, 0.2) is 36.4 Å². The van der Waals surface area contributed by atoms with E-state index in [1.165, 1.54) is 0 Å². The molecule has 0 saturated heterocycles. The molecule has 3 heteroatoms. The van der Waals surface area contributed by atoms with Gasteiger partial charge in [0.15, 0.2) is 0 Å². The lowest BCUT2D eigenvalue weighted by Gasteiger charge is -2.05. The fraction of sp³-hybridized carbons (Fsp3) is 0.182. The summed E-state index contributed by atoms with van der Waals surface area (Å²) in [6, 6.07) is 12.2. The summed E-state index contributed by atoms with van der Waals surface area (Å²) < 4.78 is 0. The molecule has 0 fully saturated rings. The molecule has 1 aromatic carbocycles. The lowest BCUT2D eigenvalue weighted by Crippen LogP contribution is -2.08. The summed E-state index contributed by atoms with van der Waals surface area (Å²) in [6.07, 6.45) is 0. The number of nitrogens with one attached hydrogen (secondary N) is 1. The van der Waals surface area contributed by atoms with Crippen LogP contribution in [0, 0.1) is 0 Å². The molecule has 3 nitrogen and oxygen atoms in total. The molecule has 0 atom stereocenters. The van der Waals surface area contributed by atoms with Crippen molar-refractivity contribution >= 4 is 5.82 Å². The van der Waals surface area contributed by atoms with Gasteiger partial charge in [0.05, 0.1) is 5.69 Å². The van der Waals surface area contributed by atoms with Gasteiger partial charge in [-0.05, 0) is 5.56 Å². The molecule has 0 amide bonds. The average Bonchev–Trinajstić information content (AvgIpc) is 2.68. The predicted octanol–water partition coefficient (Wildman–Crippen LogP) is 2.14. The number of H-pyrrole nitrogens is 1. The molecule has 1 N–H and O–H groups in total. The molecule has 0 aliphatic heterocycles. The van der Waals surface area contributed by atoms with E-state index in [0.717, 1.165) is 17.1 Å². The number of benzene rings is 1. The first kappa shape index (κ1) is 8.81. The number of anilines is 1. The second-order valence-electron chi connectivity index (χ2n) is 3.40. The maximum atomic E-state index is 4.19. The molecule has 2 aromatic rings. The second kappa shape index (κ2) is 3.54. The van der Waals surface area contributed by atoms with Gasteiger partial charge in [0.1, 0.15) is 5.82 Å². The Kier molecular flexibility index (Phi) is 2.23. The molecule has 72 valence electrons. The summed E-state index contributed by atoms with van der Waals surface area (Å²) in [4.78, 5) is 1.98. The largest absolute Gasteiger partial charge is 0.361 e. The lowest BCUT2D eigenvalue weighted by atomic mass is 10.1. The van der Waals surface area contributed by atoms with Crippen LogP contribution in [-0.2, 0) is 0 Å². The van der Waals surface area contributed by atoms with Crippen LogP contribution in [0.25, 0.3) is 11.3 Å². The molecule has 0 aliphatic rings. The zero-order chi connectivity index (χ0) is 9.97. The first-order chi connectivity index (χ1) is 6.77. The molecule has 1 aromatic heterocycles. The van der Waals surface area contributed by atoms with Crippen LogP contribution >= 0.6 is 0 Å². The Morgan fingerprint density at radius 3 is 2.43 bits per heavy atom. The van der Waals surface area contributed by atoms with Crippen molar-refractivity contribution in [2.75, 3.05) is 19.0 Å². The Labute approximate surface area is 83.4 Å². The van der Waals surface area contributed by atoms with Crippen molar-refractivity contribution in [3.63, 3.8) is 0 Å². The van der Waals surface area contributed by atoms with Crippen LogP contribution in [0.2, 0.25) is 0 Å². The third-order valence-corrected chi connectivity index (χ3v) is 2.11. The average molecular weight is 187 g/mol.